The first-order chi connectivity index (χ1) is 10.6. The molecule has 1 aromatic carbocycles. The molecule has 2 rings (SSSR count). The number of thiophene rings is 1. The highest BCUT2D eigenvalue weighted by atomic mass is 32.1. The van der Waals surface area contributed by atoms with Crippen molar-refractivity contribution < 1.29 is 0 Å². The van der Waals surface area contributed by atoms with E-state index in [4.69, 9.17) is 12.2 Å². The molecule has 3 nitrogen and oxygen atoms in total. The van der Waals surface area contributed by atoms with Crippen molar-refractivity contribution in [3.8, 4) is 0 Å². The van der Waals surface area contributed by atoms with Crippen molar-refractivity contribution in [3.63, 3.8) is 0 Å². The Morgan fingerprint density at radius 2 is 1.86 bits per heavy atom. The van der Waals surface area contributed by atoms with E-state index >= 15 is 0 Å². The monoisotopic (exact) mass is 333 g/mol. The van der Waals surface area contributed by atoms with E-state index < -0.39 is 0 Å². The highest BCUT2D eigenvalue weighted by Gasteiger charge is 2.11. The smallest absolute Gasteiger partial charge is 0.173 e. The van der Waals surface area contributed by atoms with Crippen LogP contribution in [0.3, 0.4) is 0 Å². The lowest BCUT2D eigenvalue weighted by Crippen LogP contribution is -2.35. The van der Waals surface area contributed by atoms with Gasteiger partial charge in [0.1, 0.15) is 0 Å². The summed E-state index contributed by atoms with van der Waals surface area (Å²) < 4.78 is 0. The van der Waals surface area contributed by atoms with E-state index in [9.17, 15) is 0 Å². The molecule has 2 aromatic rings. The molecule has 0 saturated carbocycles. The largest absolute Gasteiger partial charge is 0.344 e. The first kappa shape index (κ1) is 16.9. The molecule has 1 aromatic heterocycles. The van der Waals surface area contributed by atoms with E-state index in [2.05, 4.69) is 46.7 Å². The van der Waals surface area contributed by atoms with Gasteiger partial charge >= 0.3 is 0 Å². The van der Waals surface area contributed by atoms with Crippen LogP contribution in [0.2, 0.25) is 0 Å². The van der Waals surface area contributed by atoms with Gasteiger partial charge in [-0.1, -0.05) is 24.3 Å². The van der Waals surface area contributed by atoms with Crippen molar-refractivity contribution >= 4 is 34.4 Å². The SMILES string of the molecule is CN(C)CCCN(Cc1cccs1)C(=S)Nc1ccccc1. The molecule has 0 unspecified atom stereocenters. The number of anilines is 1. The fourth-order valence-electron chi connectivity index (χ4n) is 2.14. The van der Waals surface area contributed by atoms with Gasteiger partial charge in [0.2, 0.25) is 0 Å². The number of hydrogen-bond acceptors (Lipinski definition) is 3. The minimum absolute atomic E-state index is 0.790. The van der Waals surface area contributed by atoms with Crippen LogP contribution in [0.1, 0.15) is 11.3 Å². The van der Waals surface area contributed by atoms with Crippen LogP contribution in [0.4, 0.5) is 5.69 Å². The van der Waals surface area contributed by atoms with E-state index in [-0.39, 0.29) is 0 Å². The van der Waals surface area contributed by atoms with Gasteiger partial charge in [0.15, 0.2) is 5.11 Å². The van der Waals surface area contributed by atoms with Crippen molar-refractivity contribution in [1.82, 2.24) is 9.80 Å². The second-order valence-electron chi connectivity index (χ2n) is 5.45. The molecule has 0 aliphatic heterocycles. The zero-order chi connectivity index (χ0) is 15.8. The van der Waals surface area contributed by atoms with Crippen LogP contribution in [0.25, 0.3) is 0 Å². The number of nitrogens with zero attached hydrogens (tertiary/aromatic N) is 2. The van der Waals surface area contributed by atoms with E-state index in [0.717, 1.165) is 36.9 Å². The molecule has 0 bridgehead atoms. The first-order valence-corrected chi connectivity index (χ1v) is 8.72. The van der Waals surface area contributed by atoms with Crippen LogP contribution in [0.5, 0.6) is 0 Å². The summed E-state index contributed by atoms with van der Waals surface area (Å²) in [6.07, 6.45) is 1.09. The molecule has 1 heterocycles. The Morgan fingerprint density at radius 1 is 1.09 bits per heavy atom. The van der Waals surface area contributed by atoms with Crippen LogP contribution < -0.4 is 5.32 Å². The van der Waals surface area contributed by atoms with E-state index in [0.29, 0.717) is 0 Å². The van der Waals surface area contributed by atoms with Crippen LogP contribution in [-0.2, 0) is 6.54 Å². The topological polar surface area (TPSA) is 18.5 Å². The molecule has 0 aliphatic carbocycles. The minimum atomic E-state index is 0.790. The molecular weight excluding hydrogens is 310 g/mol. The van der Waals surface area contributed by atoms with E-state index in [1.54, 1.807) is 11.3 Å². The fourth-order valence-corrected chi connectivity index (χ4v) is 3.14. The summed E-state index contributed by atoms with van der Waals surface area (Å²) in [7, 11) is 4.20. The number of rotatable bonds is 7. The molecule has 0 saturated heterocycles. The second-order valence-corrected chi connectivity index (χ2v) is 6.87. The molecule has 5 heteroatoms. The summed E-state index contributed by atoms with van der Waals surface area (Å²) in [5, 5.41) is 6.24. The van der Waals surface area contributed by atoms with Gasteiger partial charge in [-0.05, 0) is 62.9 Å². The van der Waals surface area contributed by atoms with Gasteiger partial charge in [0, 0.05) is 17.1 Å². The summed E-state index contributed by atoms with van der Waals surface area (Å²) >= 11 is 7.39. The number of para-hydroxylation sites is 1. The zero-order valence-corrected chi connectivity index (χ0v) is 14.8. The normalized spacial score (nSPS) is 10.7. The molecule has 118 valence electrons. The first-order valence-electron chi connectivity index (χ1n) is 7.43. The summed E-state index contributed by atoms with van der Waals surface area (Å²) in [6, 6.07) is 14.4. The number of hydrogen-bond donors (Lipinski definition) is 1. The number of benzene rings is 1. The van der Waals surface area contributed by atoms with Crippen molar-refractivity contribution in [1.29, 1.82) is 0 Å². The quantitative estimate of drug-likeness (QED) is 0.774. The molecule has 0 fully saturated rings. The lowest BCUT2D eigenvalue weighted by atomic mass is 10.3. The van der Waals surface area contributed by atoms with E-state index in [1.165, 1.54) is 4.88 Å². The molecule has 0 aliphatic rings. The predicted octanol–water partition coefficient (Wildman–Crippen LogP) is 3.90. The second kappa shape index (κ2) is 8.88. The molecule has 0 amide bonds. The molecule has 0 spiro atoms. The Balaban J connectivity index is 1.97. The number of nitrogens with one attached hydrogen (secondary N) is 1. The fraction of sp³-hybridized carbons (Fsp3) is 0.353. The predicted molar refractivity (Wildman–Crippen MR) is 101 cm³/mol. The Morgan fingerprint density at radius 3 is 2.50 bits per heavy atom. The maximum Gasteiger partial charge on any atom is 0.173 e. The van der Waals surface area contributed by atoms with Gasteiger partial charge in [-0.3, -0.25) is 0 Å². The Hall–Kier alpha value is -1.43. The van der Waals surface area contributed by atoms with Crippen molar-refractivity contribution in [3.05, 3.63) is 52.7 Å². The van der Waals surface area contributed by atoms with E-state index in [1.807, 2.05) is 30.3 Å². The molecular formula is C17H23N3S2. The molecule has 0 radical (unpaired) electrons. The summed E-state index contributed by atoms with van der Waals surface area (Å²) in [6.45, 7) is 2.88. The average Bonchev–Trinajstić information content (AvgIpc) is 3.00. The molecule has 1 N–H and O–H groups in total. The molecule has 0 atom stereocenters. The zero-order valence-electron chi connectivity index (χ0n) is 13.2. The van der Waals surface area contributed by atoms with Gasteiger partial charge in [-0.25, -0.2) is 0 Å². The van der Waals surface area contributed by atoms with Gasteiger partial charge < -0.3 is 15.1 Å². The van der Waals surface area contributed by atoms with Crippen LogP contribution in [0.15, 0.2) is 47.8 Å². The van der Waals surface area contributed by atoms with Crippen molar-refractivity contribution in [2.45, 2.75) is 13.0 Å². The molecule has 22 heavy (non-hydrogen) atoms. The Kier molecular flexibility index (Phi) is 6.83. The third-order valence-electron chi connectivity index (χ3n) is 3.27. The highest BCUT2D eigenvalue weighted by Crippen LogP contribution is 2.14. The minimum Gasteiger partial charge on any atom is -0.344 e. The third kappa shape index (κ3) is 5.75. The van der Waals surface area contributed by atoms with Gasteiger partial charge in [0.25, 0.3) is 0 Å². The Bertz CT molecular complexity index is 553. The van der Waals surface area contributed by atoms with Gasteiger partial charge in [-0.2, -0.15) is 0 Å². The standard InChI is InChI=1S/C17H23N3S2/c1-19(2)11-7-12-20(14-16-10-6-13-22-16)17(21)18-15-8-4-3-5-9-15/h3-6,8-10,13H,7,11-12,14H2,1-2H3,(H,18,21). The Labute approximate surface area is 142 Å². The van der Waals surface area contributed by atoms with Gasteiger partial charge in [0.05, 0.1) is 6.54 Å². The van der Waals surface area contributed by atoms with Gasteiger partial charge in [-0.15, -0.1) is 11.3 Å². The summed E-state index contributed by atoms with van der Waals surface area (Å²) in [4.78, 5) is 5.79. The van der Waals surface area contributed by atoms with Crippen LogP contribution in [0, 0.1) is 0 Å². The summed E-state index contributed by atoms with van der Waals surface area (Å²) in [5.74, 6) is 0. The average molecular weight is 334 g/mol. The lowest BCUT2D eigenvalue weighted by Gasteiger charge is -2.26. The van der Waals surface area contributed by atoms with Crippen LogP contribution >= 0.6 is 23.6 Å². The number of thiocarbonyl (C=S) groups is 1. The maximum absolute atomic E-state index is 5.62. The highest BCUT2D eigenvalue weighted by molar-refractivity contribution is 7.80. The maximum atomic E-state index is 5.62. The summed E-state index contributed by atoms with van der Waals surface area (Å²) in [5.41, 5.74) is 1.04. The lowest BCUT2D eigenvalue weighted by molar-refractivity contribution is 0.347. The van der Waals surface area contributed by atoms with Crippen LogP contribution in [-0.4, -0.2) is 42.1 Å². The third-order valence-corrected chi connectivity index (χ3v) is 4.49. The van der Waals surface area contributed by atoms with Crippen molar-refractivity contribution in [2.75, 3.05) is 32.5 Å². The van der Waals surface area contributed by atoms with Crippen molar-refractivity contribution in [2.24, 2.45) is 0 Å².